The summed E-state index contributed by atoms with van der Waals surface area (Å²) in [5.74, 6) is 0.164. The zero-order valence-corrected chi connectivity index (χ0v) is 15.0. The fourth-order valence-corrected chi connectivity index (χ4v) is 3.10. The van der Waals surface area contributed by atoms with Crippen LogP contribution in [0.4, 0.5) is 4.39 Å². The fraction of sp³-hybridized carbons (Fsp3) is 0.278. The van der Waals surface area contributed by atoms with Crippen molar-refractivity contribution in [1.29, 1.82) is 0 Å². The molecule has 0 fully saturated rings. The van der Waals surface area contributed by atoms with E-state index in [1.165, 1.54) is 6.07 Å². The third-order valence-electron chi connectivity index (χ3n) is 3.94. The molecule has 0 aliphatic carbocycles. The molecule has 0 saturated heterocycles. The second kappa shape index (κ2) is 7.50. The number of hydrogen-bond donors (Lipinski definition) is 1. The van der Waals surface area contributed by atoms with Crippen LogP contribution < -0.4 is 14.8 Å². The minimum Gasteiger partial charge on any atom is -0.486 e. The Morgan fingerprint density at radius 1 is 1.16 bits per heavy atom. The molecule has 1 unspecified atom stereocenters. The number of rotatable bonds is 4. The number of fused-ring (bicyclic) bond motifs is 1. The molecule has 4 nitrogen and oxygen atoms in total. The molecule has 0 spiro atoms. The van der Waals surface area contributed by atoms with E-state index in [0.29, 0.717) is 31.1 Å². The summed E-state index contributed by atoms with van der Waals surface area (Å²) in [4.78, 5) is 12.5. The van der Waals surface area contributed by atoms with E-state index in [9.17, 15) is 9.18 Å². The lowest BCUT2D eigenvalue weighted by Gasteiger charge is -2.22. The first-order valence-electron chi connectivity index (χ1n) is 7.84. The SMILES string of the molecule is CCC(NC(=O)c1cc(F)c(Cl)cc1Cl)c1ccc2c(c1)OCCO2. The third-order valence-corrected chi connectivity index (χ3v) is 4.54. The standard InChI is InChI=1S/C18H16Cl2FNO3/c1-2-15(10-3-4-16-17(7-10)25-6-5-24-16)22-18(23)11-8-14(21)13(20)9-12(11)19/h3-4,7-9,15H,2,5-6H2,1H3,(H,22,23). The van der Waals surface area contributed by atoms with E-state index in [1.807, 2.05) is 25.1 Å². The van der Waals surface area contributed by atoms with Gasteiger partial charge in [0.05, 0.1) is 21.7 Å². The van der Waals surface area contributed by atoms with Gasteiger partial charge in [-0.15, -0.1) is 0 Å². The summed E-state index contributed by atoms with van der Waals surface area (Å²) in [6, 6.07) is 7.50. The van der Waals surface area contributed by atoms with E-state index in [-0.39, 0.29) is 21.7 Å². The van der Waals surface area contributed by atoms with Gasteiger partial charge in [0.25, 0.3) is 5.91 Å². The van der Waals surface area contributed by atoms with Crippen LogP contribution in [-0.2, 0) is 0 Å². The monoisotopic (exact) mass is 383 g/mol. The van der Waals surface area contributed by atoms with Crippen molar-refractivity contribution in [2.24, 2.45) is 0 Å². The van der Waals surface area contributed by atoms with Gasteiger partial charge < -0.3 is 14.8 Å². The van der Waals surface area contributed by atoms with Crippen molar-refractivity contribution in [3.05, 3.63) is 57.3 Å². The normalized spacial score (nSPS) is 14.1. The molecule has 1 heterocycles. The van der Waals surface area contributed by atoms with Crippen molar-refractivity contribution in [2.75, 3.05) is 13.2 Å². The Balaban J connectivity index is 1.82. The molecule has 25 heavy (non-hydrogen) atoms. The molecule has 1 N–H and O–H groups in total. The van der Waals surface area contributed by atoms with Gasteiger partial charge in [0.1, 0.15) is 19.0 Å². The van der Waals surface area contributed by atoms with E-state index in [0.717, 1.165) is 11.6 Å². The van der Waals surface area contributed by atoms with E-state index in [1.54, 1.807) is 0 Å². The number of nitrogens with one attached hydrogen (secondary N) is 1. The van der Waals surface area contributed by atoms with Gasteiger partial charge in [-0.05, 0) is 36.2 Å². The van der Waals surface area contributed by atoms with Gasteiger partial charge in [0.2, 0.25) is 0 Å². The number of carbonyl (C=O) groups excluding carboxylic acids is 1. The van der Waals surface area contributed by atoms with Crippen LogP contribution in [0.25, 0.3) is 0 Å². The third kappa shape index (κ3) is 3.83. The van der Waals surface area contributed by atoms with Crippen LogP contribution in [0.15, 0.2) is 30.3 Å². The lowest BCUT2D eigenvalue weighted by atomic mass is 10.0. The first-order chi connectivity index (χ1) is 12.0. The van der Waals surface area contributed by atoms with Crippen molar-refractivity contribution < 1.29 is 18.7 Å². The molecule has 0 aromatic heterocycles. The van der Waals surface area contributed by atoms with Crippen molar-refractivity contribution >= 4 is 29.1 Å². The highest BCUT2D eigenvalue weighted by molar-refractivity contribution is 6.36. The molecule has 2 aromatic carbocycles. The summed E-state index contributed by atoms with van der Waals surface area (Å²) in [6.45, 7) is 2.94. The maximum absolute atomic E-state index is 13.6. The summed E-state index contributed by atoms with van der Waals surface area (Å²) in [6.07, 6.45) is 0.638. The van der Waals surface area contributed by atoms with Crippen LogP contribution in [0.3, 0.4) is 0 Å². The van der Waals surface area contributed by atoms with Gasteiger partial charge in [-0.25, -0.2) is 4.39 Å². The maximum atomic E-state index is 13.6. The van der Waals surface area contributed by atoms with Gasteiger partial charge in [-0.2, -0.15) is 0 Å². The molecule has 0 saturated carbocycles. The van der Waals surface area contributed by atoms with E-state index < -0.39 is 11.7 Å². The smallest absolute Gasteiger partial charge is 0.253 e. The molecule has 0 radical (unpaired) electrons. The molecule has 132 valence electrons. The molecular formula is C18H16Cl2FNO3. The molecule has 2 aromatic rings. The average Bonchev–Trinajstić information content (AvgIpc) is 2.62. The second-order valence-electron chi connectivity index (χ2n) is 5.58. The predicted octanol–water partition coefficient (Wildman–Crippen LogP) is 4.78. The van der Waals surface area contributed by atoms with Crippen molar-refractivity contribution in [3.8, 4) is 11.5 Å². The molecular weight excluding hydrogens is 368 g/mol. The van der Waals surface area contributed by atoms with E-state index >= 15 is 0 Å². The van der Waals surface area contributed by atoms with Gasteiger partial charge in [-0.3, -0.25) is 4.79 Å². The lowest BCUT2D eigenvalue weighted by Crippen LogP contribution is -2.28. The summed E-state index contributed by atoms with van der Waals surface area (Å²) in [5.41, 5.74) is 0.908. The predicted molar refractivity (Wildman–Crippen MR) is 94.4 cm³/mol. The number of carbonyl (C=O) groups is 1. The van der Waals surface area contributed by atoms with Crippen molar-refractivity contribution in [2.45, 2.75) is 19.4 Å². The Morgan fingerprint density at radius 3 is 2.60 bits per heavy atom. The molecule has 1 amide bonds. The van der Waals surface area contributed by atoms with Gasteiger partial charge in [-0.1, -0.05) is 36.2 Å². The summed E-state index contributed by atoms with van der Waals surface area (Å²) >= 11 is 11.7. The Morgan fingerprint density at radius 2 is 1.88 bits per heavy atom. The minimum atomic E-state index is -0.691. The summed E-state index contributed by atoms with van der Waals surface area (Å²) < 4.78 is 24.7. The number of benzene rings is 2. The lowest BCUT2D eigenvalue weighted by molar-refractivity contribution is 0.0935. The minimum absolute atomic E-state index is 0.0413. The summed E-state index contributed by atoms with van der Waals surface area (Å²) in [5, 5.41) is 2.84. The van der Waals surface area contributed by atoms with Gasteiger partial charge in [0, 0.05) is 0 Å². The van der Waals surface area contributed by atoms with Crippen LogP contribution in [0.2, 0.25) is 10.0 Å². The van der Waals surface area contributed by atoms with Crippen molar-refractivity contribution in [1.82, 2.24) is 5.32 Å². The van der Waals surface area contributed by atoms with Crippen molar-refractivity contribution in [3.63, 3.8) is 0 Å². The quantitative estimate of drug-likeness (QED) is 0.772. The zero-order chi connectivity index (χ0) is 18.0. The van der Waals surface area contributed by atoms with Gasteiger partial charge in [0.15, 0.2) is 11.5 Å². The Kier molecular flexibility index (Phi) is 5.35. The largest absolute Gasteiger partial charge is 0.486 e. The summed E-state index contributed by atoms with van der Waals surface area (Å²) in [7, 11) is 0. The maximum Gasteiger partial charge on any atom is 0.253 e. The molecule has 3 rings (SSSR count). The second-order valence-corrected chi connectivity index (χ2v) is 6.40. The van der Waals surface area contributed by atoms with Crippen LogP contribution in [0, 0.1) is 5.82 Å². The Bertz CT molecular complexity index is 813. The number of ether oxygens (including phenoxy) is 2. The Hall–Kier alpha value is -1.98. The van der Waals surface area contributed by atoms with Crippen LogP contribution in [0.1, 0.15) is 35.3 Å². The van der Waals surface area contributed by atoms with Crippen LogP contribution in [0.5, 0.6) is 11.5 Å². The molecule has 0 bridgehead atoms. The number of halogens is 3. The first-order valence-corrected chi connectivity index (χ1v) is 8.60. The van der Waals surface area contributed by atoms with Crippen LogP contribution >= 0.6 is 23.2 Å². The highest BCUT2D eigenvalue weighted by atomic mass is 35.5. The van der Waals surface area contributed by atoms with Crippen LogP contribution in [-0.4, -0.2) is 19.1 Å². The van der Waals surface area contributed by atoms with Gasteiger partial charge >= 0.3 is 0 Å². The van der Waals surface area contributed by atoms with E-state index in [2.05, 4.69) is 5.32 Å². The first kappa shape index (κ1) is 17.8. The zero-order valence-electron chi connectivity index (χ0n) is 13.4. The Labute approximate surface area is 154 Å². The fourth-order valence-electron chi connectivity index (χ4n) is 2.63. The molecule has 1 aliphatic rings. The number of amides is 1. The molecule has 7 heteroatoms. The highest BCUT2D eigenvalue weighted by Gasteiger charge is 2.20. The molecule has 1 atom stereocenters. The number of hydrogen-bond acceptors (Lipinski definition) is 3. The topological polar surface area (TPSA) is 47.6 Å². The van der Waals surface area contributed by atoms with E-state index in [4.69, 9.17) is 32.7 Å². The average molecular weight is 384 g/mol. The molecule has 1 aliphatic heterocycles. The highest BCUT2D eigenvalue weighted by Crippen LogP contribution is 2.33.